The minimum Gasteiger partial charge on any atom is -0.387 e. The van der Waals surface area contributed by atoms with E-state index in [4.69, 9.17) is 0 Å². The lowest BCUT2D eigenvalue weighted by molar-refractivity contribution is 0.0911. The van der Waals surface area contributed by atoms with Crippen molar-refractivity contribution in [3.63, 3.8) is 0 Å². The number of nitrogens with zero attached hydrogens (tertiary/aromatic N) is 2. The molecule has 1 aliphatic carbocycles. The quantitative estimate of drug-likeness (QED) is 0.885. The van der Waals surface area contributed by atoms with Crippen LogP contribution in [-0.2, 0) is 0 Å². The zero-order valence-corrected chi connectivity index (χ0v) is 11.9. The molecule has 6 heteroatoms. The van der Waals surface area contributed by atoms with E-state index in [2.05, 4.69) is 15.3 Å². The summed E-state index contributed by atoms with van der Waals surface area (Å²) in [6.07, 6.45) is 2.81. The summed E-state index contributed by atoms with van der Waals surface area (Å²) in [4.78, 5) is 20.5. The Kier molecular flexibility index (Phi) is 4.11. The second-order valence-corrected chi connectivity index (χ2v) is 5.35. The molecule has 114 valence electrons. The highest BCUT2D eigenvalue weighted by Gasteiger charge is 2.27. The Bertz CT molecular complexity index is 671. The number of benzene rings is 1. The Morgan fingerprint density at radius 2 is 2.05 bits per heavy atom. The number of hydrogen-bond donors (Lipinski definition) is 2. The number of carbonyl (C=O) groups excluding carboxylic acids is 1. The van der Waals surface area contributed by atoms with Crippen LogP contribution in [0.15, 0.2) is 36.5 Å². The maximum atomic E-state index is 12.8. The molecule has 22 heavy (non-hydrogen) atoms. The van der Waals surface area contributed by atoms with E-state index in [0.29, 0.717) is 23.0 Å². The molecule has 1 saturated carbocycles. The van der Waals surface area contributed by atoms with Crippen LogP contribution < -0.4 is 5.32 Å². The molecule has 1 aromatic heterocycles. The number of halogens is 1. The number of aliphatic hydroxyl groups is 1. The Hall–Kier alpha value is -2.34. The summed E-state index contributed by atoms with van der Waals surface area (Å²) < 4.78 is 12.8. The number of amides is 1. The Morgan fingerprint density at radius 1 is 1.32 bits per heavy atom. The van der Waals surface area contributed by atoms with E-state index in [1.807, 2.05) is 0 Å². The van der Waals surface area contributed by atoms with E-state index < -0.39 is 6.10 Å². The molecule has 2 N–H and O–H groups in total. The molecule has 5 nitrogen and oxygen atoms in total. The van der Waals surface area contributed by atoms with Crippen LogP contribution in [0.5, 0.6) is 0 Å². The molecular formula is C16H16FN3O2. The van der Waals surface area contributed by atoms with Crippen LogP contribution in [-0.4, -0.2) is 27.5 Å². The van der Waals surface area contributed by atoms with Gasteiger partial charge in [0, 0.05) is 18.7 Å². The van der Waals surface area contributed by atoms with E-state index in [0.717, 1.165) is 12.8 Å². The van der Waals surface area contributed by atoms with Crippen molar-refractivity contribution in [1.82, 2.24) is 15.3 Å². The Morgan fingerprint density at radius 3 is 2.73 bits per heavy atom. The molecular weight excluding hydrogens is 285 g/mol. The summed E-state index contributed by atoms with van der Waals surface area (Å²) in [7, 11) is 0. The van der Waals surface area contributed by atoms with Crippen molar-refractivity contribution in [3.8, 4) is 0 Å². The predicted molar refractivity (Wildman–Crippen MR) is 77.7 cm³/mol. The van der Waals surface area contributed by atoms with Gasteiger partial charge in [-0.05, 0) is 36.6 Å². The van der Waals surface area contributed by atoms with Gasteiger partial charge in [0.2, 0.25) is 0 Å². The van der Waals surface area contributed by atoms with Gasteiger partial charge < -0.3 is 10.4 Å². The van der Waals surface area contributed by atoms with Crippen molar-refractivity contribution >= 4 is 5.91 Å². The molecule has 0 aliphatic heterocycles. The van der Waals surface area contributed by atoms with Crippen LogP contribution in [0.3, 0.4) is 0 Å². The lowest BCUT2D eigenvalue weighted by Crippen LogP contribution is -2.29. The highest BCUT2D eigenvalue weighted by atomic mass is 19.1. The van der Waals surface area contributed by atoms with Gasteiger partial charge in [-0.15, -0.1) is 0 Å². The molecule has 1 atom stereocenters. The molecule has 0 spiro atoms. The van der Waals surface area contributed by atoms with Crippen molar-refractivity contribution in [2.45, 2.75) is 24.9 Å². The smallest absolute Gasteiger partial charge is 0.270 e. The summed E-state index contributed by atoms with van der Waals surface area (Å²) in [5.74, 6) is 0.350. The van der Waals surface area contributed by atoms with Crippen LogP contribution in [0, 0.1) is 5.82 Å². The number of hydrogen-bond acceptors (Lipinski definition) is 4. The first kappa shape index (κ1) is 14.6. The zero-order valence-electron chi connectivity index (χ0n) is 11.9. The molecule has 1 fully saturated rings. The third-order valence-electron chi connectivity index (χ3n) is 3.56. The van der Waals surface area contributed by atoms with Gasteiger partial charge in [-0.2, -0.15) is 0 Å². The van der Waals surface area contributed by atoms with Crippen molar-refractivity contribution in [3.05, 3.63) is 59.4 Å². The third kappa shape index (κ3) is 3.46. The first-order valence-electron chi connectivity index (χ1n) is 7.18. The minimum atomic E-state index is -0.894. The van der Waals surface area contributed by atoms with Crippen LogP contribution in [0.1, 0.15) is 46.7 Å². The molecule has 1 amide bonds. The molecule has 0 radical (unpaired) electrons. The van der Waals surface area contributed by atoms with Gasteiger partial charge in [-0.1, -0.05) is 12.1 Å². The summed E-state index contributed by atoms with van der Waals surface area (Å²) >= 11 is 0. The van der Waals surface area contributed by atoms with Crippen LogP contribution in [0.25, 0.3) is 0 Å². The SMILES string of the molecule is O=C(NCC(O)c1ccc(F)cc1)c1ccnc(C2CC2)n1. The van der Waals surface area contributed by atoms with Gasteiger partial charge in [0.05, 0.1) is 6.10 Å². The highest BCUT2D eigenvalue weighted by Crippen LogP contribution is 2.37. The van der Waals surface area contributed by atoms with Gasteiger partial charge in [0.15, 0.2) is 0 Å². The molecule has 0 saturated heterocycles. The third-order valence-corrected chi connectivity index (χ3v) is 3.56. The fourth-order valence-corrected chi connectivity index (χ4v) is 2.12. The van der Waals surface area contributed by atoms with Crippen LogP contribution in [0.2, 0.25) is 0 Å². The zero-order chi connectivity index (χ0) is 15.5. The second-order valence-electron chi connectivity index (χ2n) is 5.35. The van der Waals surface area contributed by atoms with Gasteiger partial charge in [-0.3, -0.25) is 4.79 Å². The molecule has 0 bridgehead atoms. The average molecular weight is 301 g/mol. The lowest BCUT2D eigenvalue weighted by Gasteiger charge is -2.12. The normalized spacial score (nSPS) is 15.4. The molecule has 1 aromatic carbocycles. The van der Waals surface area contributed by atoms with Crippen molar-refractivity contribution in [2.24, 2.45) is 0 Å². The first-order valence-corrected chi connectivity index (χ1v) is 7.18. The van der Waals surface area contributed by atoms with Gasteiger partial charge in [-0.25, -0.2) is 14.4 Å². The average Bonchev–Trinajstić information content (AvgIpc) is 3.38. The first-order chi connectivity index (χ1) is 10.6. The van der Waals surface area contributed by atoms with Crippen molar-refractivity contribution < 1.29 is 14.3 Å². The second kappa shape index (κ2) is 6.19. The lowest BCUT2D eigenvalue weighted by atomic mass is 10.1. The molecule has 1 aliphatic rings. The Balaban J connectivity index is 1.59. The largest absolute Gasteiger partial charge is 0.387 e. The predicted octanol–water partition coefficient (Wildman–Crippen LogP) is 1.96. The Labute approximate surface area is 127 Å². The number of aromatic nitrogens is 2. The number of nitrogens with one attached hydrogen (secondary N) is 1. The van der Waals surface area contributed by atoms with E-state index in [-0.39, 0.29) is 18.3 Å². The topological polar surface area (TPSA) is 75.1 Å². The monoisotopic (exact) mass is 301 g/mol. The maximum absolute atomic E-state index is 12.8. The van der Waals surface area contributed by atoms with E-state index in [1.165, 1.54) is 24.3 Å². The van der Waals surface area contributed by atoms with Gasteiger partial charge in [0.25, 0.3) is 5.91 Å². The number of aliphatic hydroxyl groups excluding tert-OH is 1. The van der Waals surface area contributed by atoms with E-state index in [1.54, 1.807) is 12.3 Å². The van der Waals surface area contributed by atoms with E-state index in [9.17, 15) is 14.3 Å². The summed E-state index contributed by atoms with van der Waals surface area (Å²) in [6, 6.07) is 7.06. The molecule has 2 aromatic rings. The standard InChI is InChI=1S/C16H16FN3O2/c17-12-5-3-10(4-6-12)14(21)9-19-16(22)13-7-8-18-15(20-13)11-1-2-11/h3-8,11,14,21H,1-2,9H2,(H,19,22). The van der Waals surface area contributed by atoms with Crippen LogP contribution >= 0.6 is 0 Å². The fraction of sp³-hybridized carbons (Fsp3) is 0.312. The van der Waals surface area contributed by atoms with Gasteiger partial charge >= 0.3 is 0 Å². The van der Waals surface area contributed by atoms with E-state index >= 15 is 0 Å². The minimum absolute atomic E-state index is 0.0350. The summed E-state index contributed by atoms with van der Waals surface area (Å²) in [6.45, 7) is 0.0350. The van der Waals surface area contributed by atoms with Crippen molar-refractivity contribution in [1.29, 1.82) is 0 Å². The summed E-state index contributed by atoms with van der Waals surface area (Å²) in [5, 5.41) is 12.6. The van der Waals surface area contributed by atoms with Crippen LogP contribution in [0.4, 0.5) is 4.39 Å². The molecule has 1 unspecified atom stereocenters. The number of carbonyl (C=O) groups is 1. The van der Waals surface area contributed by atoms with Crippen molar-refractivity contribution in [2.75, 3.05) is 6.54 Å². The number of rotatable bonds is 5. The molecule has 3 rings (SSSR count). The molecule has 1 heterocycles. The summed E-state index contributed by atoms with van der Waals surface area (Å²) in [5.41, 5.74) is 0.839. The maximum Gasteiger partial charge on any atom is 0.270 e. The fourth-order valence-electron chi connectivity index (χ4n) is 2.12. The van der Waals surface area contributed by atoms with Gasteiger partial charge in [0.1, 0.15) is 17.3 Å². The highest BCUT2D eigenvalue weighted by molar-refractivity contribution is 5.92.